The first kappa shape index (κ1) is 16.0. The van der Waals surface area contributed by atoms with Crippen LogP contribution in [0.3, 0.4) is 0 Å². The maximum absolute atomic E-state index is 4.99. The predicted octanol–water partition coefficient (Wildman–Crippen LogP) is 4.21. The average Bonchev–Trinajstić information content (AvgIpc) is 2.31. The van der Waals surface area contributed by atoms with Gasteiger partial charge in [-0.15, -0.1) is 0 Å². The zero-order valence-electron chi connectivity index (χ0n) is 11.7. The molecule has 98 valence electrons. The number of hydrogen-bond acceptors (Lipinski definition) is 2. The lowest BCUT2D eigenvalue weighted by Gasteiger charge is -2.18. The summed E-state index contributed by atoms with van der Waals surface area (Å²) in [4.78, 5) is 4.49. The van der Waals surface area contributed by atoms with Gasteiger partial charge in [0.1, 0.15) is 5.76 Å². The van der Waals surface area contributed by atoms with Crippen molar-refractivity contribution in [2.75, 3.05) is 0 Å². The van der Waals surface area contributed by atoms with Crippen LogP contribution in [0.15, 0.2) is 36.6 Å². The van der Waals surface area contributed by atoms with E-state index in [2.05, 4.69) is 45.7 Å². The van der Waals surface area contributed by atoms with Crippen LogP contribution >= 0.6 is 0 Å². The molecule has 0 aromatic heterocycles. The summed E-state index contributed by atoms with van der Waals surface area (Å²) in [5, 5.41) is 0. The van der Waals surface area contributed by atoms with Gasteiger partial charge >= 0.3 is 0 Å². The Hall–Kier alpha value is -1.02. The summed E-state index contributed by atoms with van der Waals surface area (Å²) in [7, 11) is 0. The smallest absolute Gasteiger partial charge is 0.139 e. The molecule has 0 rings (SSSR count). The monoisotopic (exact) mass is 237 g/mol. The van der Waals surface area contributed by atoms with E-state index in [-0.39, 0.29) is 0 Å². The molecule has 0 radical (unpaired) electrons. The Morgan fingerprint density at radius 2 is 1.71 bits per heavy atom. The van der Waals surface area contributed by atoms with Gasteiger partial charge in [-0.25, -0.2) is 0 Å². The normalized spacial score (nSPS) is 14.9. The van der Waals surface area contributed by atoms with E-state index >= 15 is 0 Å². The van der Waals surface area contributed by atoms with Crippen LogP contribution in [0, 0.1) is 17.8 Å². The molecule has 2 atom stereocenters. The molecule has 0 spiro atoms. The van der Waals surface area contributed by atoms with Gasteiger partial charge in [0.05, 0.1) is 0 Å². The zero-order chi connectivity index (χ0) is 13.4. The third-order valence-electron chi connectivity index (χ3n) is 3.46. The van der Waals surface area contributed by atoms with Gasteiger partial charge in [-0.2, -0.15) is 5.90 Å². The molecule has 0 saturated carbocycles. The van der Waals surface area contributed by atoms with Gasteiger partial charge in [0.2, 0.25) is 0 Å². The molecule has 0 aromatic rings. The average molecular weight is 237 g/mol. The van der Waals surface area contributed by atoms with E-state index in [0.717, 1.165) is 17.4 Å². The van der Waals surface area contributed by atoms with Crippen molar-refractivity contribution >= 4 is 0 Å². The van der Waals surface area contributed by atoms with Crippen molar-refractivity contribution in [2.24, 2.45) is 23.7 Å². The summed E-state index contributed by atoms with van der Waals surface area (Å²) >= 11 is 0. The summed E-state index contributed by atoms with van der Waals surface area (Å²) < 4.78 is 0. The fraction of sp³-hybridized carbons (Fsp3) is 0.600. The minimum absolute atomic E-state index is 0.453. The lowest BCUT2D eigenvalue weighted by molar-refractivity contribution is 0.235. The fourth-order valence-electron chi connectivity index (χ4n) is 1.44. The molecule has 0 amide bonds. The van der Waals surface area contributed by atoms with Crippen LogP contribution in [-0.4, -0.2) is 0 Å². The minimum Gasteiger partial charge on any atom is -0.412 e. The van der Waals surface area contributed by atoms with Crippen molar-refractivity contribution < 1.29 is 4.84 Å². The molecule has 0 aromatic carbocycles. The minimum atomic E-state index is 0.453. The second-order valence-corrected chi connectivity index (χ2v) is 5.19. The highest BCUT2D eigenvalue weighted by Gasteiger charge is 2.10. The second-order valence-electron chi connectivity index (χ2n) is 5.19. The van der Waals surface area contributed by atoms with Crippen LogP contribution in [0.1, 0.15) is 40.5 Å². The van der Waals surface area contributed by atoms with Gasteiger partial charge in [-0.1, -0.05) is 52.5 Å². The van der Waals surface area contributed by atoms with Crippen molar-refractivity contribution in [3.63, 3.8) is 0 Å². The van der Waals surface area contributed by atoms with Gasteiger partial charge in [0.25, 0.3) is 0 Å². The van der Waals surface area contributed by atoms with Crippen molar-refractivity contribution in [1.82, 2.24) is 0 Å². The lowest BCUT2D eigenvalue weighted by atomic mass is 9.88. The topological polar surface area (TPSA) is 35.2 Å². The molecule has 0 bridgehead atoms. The Bertz CT molecular complexity index is 279. The molecule has 0 heterocycles. The van der Waals surface area contributed by atoms with E-state index in [0.29, 0.717) is 11.7 Å². The van der Waals surface area contributed by atoms with Crippen LogP contribution in [0.5, 0.6) is 0 Å². The quantitative estimate of drug-likeness (QED) is 0.390. The molecule has 0 aliphatic carbocycles. The molecule has 2 heteroatoms. The largest absolute Gasteiger partial charge is 0.412 e. The van der Waals surface area contributed by atoms with Crippen LogP contribution in [0.4, 0.5) is 0 Å². The molecular formula is C15H27NO. The summed E-state index contributed by atoms with van der Waals surface area (Å²) in [6.45, 7) is 16.7. The van der Waals surface area contributed by atoms with Crippen molar-refractivity contribution in [1.29, 1.82) is 0 Å². The van der Waals surface area contributed by atoms with Gasteiger partial charge in [0, 0.05) is 0 Å². The number of rotatable bonds is 8. The van der Waals surface area contributed by atoms with Gasteiger partial charge in [-0.05, 0) is 36.7 Å². The molecule has 17 heavy (non-hydrogen) atoms. The summed E-state index contributed by atoms with van der Waals surface area (Å²) in [5.74, 6) is 7.43. The first-order chi connectivity index (χ1) is 7.88. The molecule has 0 aliphatic rings. The molecular weight excluding hydrogens is 210 g/mol. The highest BCUT2D eigenvalue weighted by molar-refractivity contribution is 5.22. The Balaban J connectivity index is 4.06. The number of hydrogen-bond donors (Lipinski definition) is 1. The van der Waals surface area contributed by atoms with Crippen LogP contribution in [-0.2, 0) is 4.84 Å². The van der Waals surface area contributed by atoms with E-state index < -0.39 is 0 Å². The van der Waals surface area contributed by atoms with Crippen molar-refractivity contribution in [2.45, 2.75) is 40.5 Å². The van der Waals surface area contributed by atoms with Crippen LogP contribution in [0.25, 0.3) is 0 Å². The maximum atomic E-state index is 4.99. The van der Waals surface area contributed by atoms with Crippen LogP contribution in [0.2, 0.25) is 0 Å². The van der Waals surface area contributed by atoms with E-state index in [4.69, 9.17) is 5.90 Å². The van der Waals surface area contributed by atoms with E-state index in [1.54, 1.807) is 6.08 Å². The summed E-state index contributed by atoms with van der Waals surface area (Å²) in [6.07, 6.45) is 6.09. The van der Waals surface area contributed by atoms with Gasteiger partial charge in [-0.3, -0.25) is 0 Å². The highest BCUT2D eigenvalue weighted by atomic mass is 16.6. The number of allylic oxidation sites excluding steroid dienone is 3. The van der Waals surface area contributed by atoms with E-state index in [9.17, 15) is 0 Å². The fourth-order valence-corrected chi connectivity index (χ4v) is 1.44. The first-order valence-electron chi connectivity index (χ1n) is 6.31. The Morgan fingerprint density at radius 1 is 1.12 bits per heavy atom. The third-order valence-corrected chi connectivity index (χ3v) is 3.46. The first-order valence-corrected chi connectivity index (χ1v) is 6.31. The summed E-state index contributed by atoms with van der Waals surface area (Å²) in [6, 6.07) is 0. The third kappa shape index (κ3) is 7.01. The van der Waals surface area contributed by atoms with Crippen LogP contribution < -0.4 is 5.90 Å². The van der Waals surface area contributed by atoms with Crippen molar-refractivity contribution in [3.05, 3.63) is 36.6 Å². The van der Waals surface area contributed by atoms with E-state index in [1.165, 1.54) is 12.8 Å². The van der Waals surface area contributed by atoms with Gasteiger partial charge < -0.3 is 4.84 Å². The molecule has 0 fully saturated rings. The van der Waals surface area contributed by atoms with Crippen molar-refractivity contribution in [3.8, 4) is 0 Å². The maximum Gasteiger partial charge on any atom is 0.139 e. The molecule has 0 saturated heterocycles. The van der Waals surface area contributed by atoms with E-state index in [1.807, 2.05) is 6.08 Å². The molecule has 2 N–H and O–H groups in total. The SMILES string of the molecule is C=C(/C=C\C(=C)C(C)CCC(C)C(C)C)ON. The zero-order valence-corrected chi connectivity index (χ0v) is 11.7. The molecule has 2 unspecified atom stereocenters. The number of nitrogens with two attached hydrogens (primary N) is 1. The standard InChI is InChI=1S/C15H27NO/c1-11(2)12(3)7-8-13(4)14(5)9-10-15(6)17-16/h9-13H,5-8,16H2,1-4H3/b10-9-. The highest BCUT2D eigenvalue weighted by Crippen LogP contribution is 2.23. The molecule has 2 nitrogen and oxygen atoms in total. The summed E-state index contributed by atoms with van der Waals surface area (Å²) in [5.41, 5.74) is 1.10. The lowest BCUT2D eigenvalue weighted by Crippen LogP contribution is -2.07. The Morgan fingerprint density at radius 3 is 2.18 bits per heavy atom. The predicted molar refractivity (Wildman–Crippen MR) is 75.1 cm³/mol. The Kier molecular flexibility index (Phi) is 7.64. The second kappa shape index (κ2) is 8.13. The molecule has 0 aliphatic heterocycles. The Labute approximate surface area is 106 Å². The van der Waals surface area contributed by atoms with Gasteiger partial charge in [0.15, 0.2) is 0 Å².